The number of amidine groups is 1. The van der Waals surface area contributed by atoms with Crippen LogP contribution in [-0.4, -0.2) is 26.0 Å². The van der Waals surface area contributed by atoms with Crippen LogP contribution in [0, 0.1) is 6.92 Å². The van der Waals surface area contributed by atoms with E-state index < -0.39 is 0 Å². The summed E-state index contributed by atoms with van der Waals surface area (Å²) in [6, 6.07) is 11.8. The van der Waals surface area contributed by atoms with Gasteiger partial charge in [0, 0.05) is 13.6 Å². The molecular weight excluding hydrogens is 288 g/mol. The zero-order valence-electron chi connectivity index (χ0n) is 12.3. The second-order valence-electron chi connectivity index (χ2n) is 4.49. The zero-order valence-corrected chi connectivity index (χ0v) is 13.2. The van der Waals surface area contributed by atoms with Crippen LogP contribution in [0.25, 0.3) is 0 Å². The molecule has 0 saturated carbocycles. The molecule has 1 aromatic heterocycles. The van der Waals surface area contributed by atoms with Crippen molar-refractivity contribution >= 4 is 18.2 Å². The quantitative estimate of drug-likeness (QED) is 0.505. The van der Waals surface area contributed by atoms with Crippen LogP contribution in [0.5, 0.6) is 5.75 Å². The first-order chi connectivity index (χ1) is 9.79. The van der Waals surface area contributed by atoms with Gasteiger partial charge < -0.3 is 14.5 Å². The number of rotatable bonds is 6. The maximum atomic E-state index is 5.66. The molecule has 0 fully saturated rings. The van der Waals surface area contributed by atoms with Crippen LogP contribution in [0.1, 0.15) is 17.7 Å². The van der Waals surface area contributed by atoms with E-state index in [1.165, 1.54) is 5.56 Å². The van der Waals surface area contributed by atoms with Crippen molar-refractivity contribution in [3.63, 3.8) is 0 Å². The molecule has 114 valence electrons. The fourth-order valence-electron chi connectivity index (χ4n) is 1.79. The van der Waals surface area contributed by atoms with Crippen LogP contribution < -0.4 is 10.1 Å². The minimum Gasteiger partial charge on any atom is -0.494 e. The Bertz CT molecular complexity index is 536. The third-order valence-corrected chi connectivity index (χ3v) is 2.88. The molecule has 0 aliphatic heterocycles. The fraction of sp³-hybridized carbons (Fsp3) is 0.312. The van der Waals surface area contributed by atoms with Gasteiger partial charge in [-0.25, -0.2) is 0 Å². The summed E-state index contributed by atoms with van der Waals surface area (Å²) in [7, 11) is 1.74. The lowest BCUT2D eigenvalue weighted by Crippen LogP contribution is -2.26. The predicted molar refractivity (Wildman–Crippen MR) is 87.7 cm³/mol. The molecule has 4 nitrogen and oxygen atoms in total. The minimum absolute atomic E-state index is 0. The molecule has 1 aromatic carbocycles. The highest BCUT2D eigenvalue weighted by Crippen LogP contribution is 2.11. The Morgan fingerprint density at radius 3 is 2.62 bits per heavy atom. The lowest BCUT2D eigenvalue weighted by atomic mass is 10.2. The maximum Gasteiger partial charge on any atom is 0.168 e. The van der Waals surface area contributed by atoms with Gasteiger partial charge in [0.1, 0.15) is 5.75 Å². The van der Waals surface area contributed by atoms with Crippen molar-refractivity contribution < 1.29 is 9.15 Å². The van der Waals surface area contributed by atoms with Crippen LogP contribution in [0.3, 0.4) is 0 Å². The van der Waals surface area contributed by atoms with Gasteiger partial charge in [-0.05, 0) is 37.6 Å². The van der Waals surface area contributed by atoms with Crippen LogP contribution in [0.2, 0.25) is 0 Å². The monoisotopic (exact) mass is 308 g/mol. The van der Waals surface area contributed by atoms with Crippen molar-refractivity contribution in [3.8, 4) is 5.75 Å². The van der Waals surface area contributed by atoms with Crippen LogP contribution in [-0.2, 0) is 0 Å². The number of nitrogens with one attached hydrogen (secondary N) is 1. The van der Waals surface area contributed by atoms with E-state index >= 15 is 0 Å². The Morgan fingerprint density at radius 1 is 1.24 bits per heavy atom. The lowest BCUT2D eigenvalue weighted by Gasteiger charge is -2.08. The van der Waals surface area contributed by atoms with Crippen molar-refractivity contribution in [1.29, 1.82) is 0 Å². The van der Waals surface area contributed by atoms with E-state index in [4.69, 9.17) is 9.15 Å². The summed E-state index contributed by atoms with van der Waals surface area (Å²) in [6.45, 7) is 3.53. The Hall–Kier alpha value is -1.94. The number of hydrogen-bond donors (Lipinski definition) is 1. The first kappa shape index (κ1) is 17.1. The molecule has 0 radical (unpaired) electrons. The van der Waals surface area contributed by atoms with E-state index in [0.29, 0.717) is 6.61 Å². The van der Waals surface area contributed by atoms with E-state index in [0.717, 1.165) is 30.3 Å². The van der Waals surface area contributed by atoms with Crippen molar-refractivity contribution in [3.05, 3.63) is 54.0 Å². The highest BCUT2D eigenvalue weighted by Gasteiger charge is 2.04. The van der Waals surface area contributed by atoms with Crippen LogP contribution in [0.15, 0.2) is 52.1 Å². The molecule has 1 N–H and O–H groups in total. The van der Waals surface area contributed by atoms with E-state index in [2.05, 4.69) is 17.2 Å². The first-order valence-electron chi connectivity index (χ1n) is 6.73. The molecule has 0 amide bonds. The number of hydrogen-bond acceptors (Lipinski definition) is 3. The van der Waals surface area contributed by atoms with Crippen LogP contribution in [0.4, 0.5) is 0 Å². The zero-order chi connectivity index (χ0) is 14.2. The van der Waals surface area contributed by atoms with Gasteiger partial charge in [-0.15, -0.1) is 12.4 Å². The average Bonchev–Trinajstić information content (AvgIpc) is 2.99. The summed E-state index contributed by atoms with van der Waals surface area (Å²) in [6.07, 6.45) is 2.54. The topological polar surface area (TPSA) is 46.8 Å². The van der Waals surface area contributed by atoms with Crippen LogP contribution >= 0.6 is 12.4 Å². The number of aryl methyl sites for hydroxylation is 1. The van der Waals surface area contributed by atoms with Gasteiger partial charge in [0.15, 0.2) is 11.6 Å². The molecule has 2 aromatic rings. The number of nitrogens with zero attached hydrogens (tertiary/aromatic N) is 1. The molecule has 0 bridgehead atoms. The minimum atomic E-state index is 0. The Labute approximate surface area is 131 Å². The number of ether oxygens (including phenoxy) is 1. The van der Waals surface area contributed by atoms with E-state index in [9.17, 15) is 0 Å². The molecule has 0 saturated heterocycles. The molecule has 21 heavy (non-hydrogen) atoms. The van der Waals surface area contributed by atoms with Gasteiger partial charge >= 0.3 is 0 Å². The number of benzene rings is 1. The normalized spacial score (nSPS) is 10.9. The maximum absolute atomic E-state index is 5.66. The summed E-state index contributed by atoms with van der Waals surface area (Å²) >= 11 is 0. The van der Waals surface area contributed by atoms with E-state index in [1.807, 2.05) is 36.4 Å². The van der Waals surface area contributed by atoms with Crippen molar-refractivity contribution in [2.75, 3.05) is 20.2 Å². The third kappa shape index (κ3) is 5.52. The predicted octanol–water partition coefficient (Wildman–Crippen LogP) is 3.44. The molecule has 1 heterocycles. The Kier molecular flexibility index (Phi) is 7.40. The van der Waals surface area contributed by atoms with Gasteiger partial charge in [-0.3, -0.25) is 4.99 Å². The fourth-order valence-corrected chi connectivity index (χ4v) is 1.79. The molecule has 0 aliphatic carbocycles. The molecule has 0 aliphatic rings. The summed E-state index contributed by atoms with van der Waals surface area (Å²) in [5.74, 6) is 2.43. The highest BCUT2D eigenvalue weighted by molar-refractivity contribution is 5.96. The van der Waals surface area contributed by atoms with Gasteiger partial charge in [0.2, 0.25) is 0 Å². The Morgan fingerprint density at radius 2 is 2.00 bits per heavy atom. The van der Waals surface area contributed by atoms with E-state index in [-0.39, 0.29) is 12.4 Å². The molecular formula is C16H21ClN2O2. The van der Waals surface area contributed by atoms with Crippen molar-refractivity contribution in [1.82, 2.24) is 5.32 Å². The van der Waals surface area contributed by atoms with Gasteiger partial charge in [-0.1, -0.05) is 17.7 Å². The first-order valence-corrected chi connectivity index (χ1v) is 6.73. The second kappa shape index (κ2) is 9.08. The number of furan rings is 1. The average molecular weight is 309 g/mol. The molecule has 0 spiro atoms. The highest BCUT2D eigenvalue weighted by atomic mass is 35.5. The van der Waals surface area contributed by atoms with E-state index in [1.54, 1.807) is 13.3 Å². The number of aliphatic imine (C=N–C) groups is 1. The molecule has 0 atom stereocenters. The standard InChI is InChI=1S/C16H20N2O2.ClH/c1-13-6-8-14(9-7-13)19-12-4-10-18-16(17-2)15-5-3-11-20-15;/h3,5-9,11H,4,10,12H2,1-2H3,(H,17,18);1H. The van der Waals surface area contributed by atoms with Gasteiger partial charge in [0.05, 0.1) is 12.9 Å². The molecule has 5 heteroatoms. The number of halogens is 1. The molecule has 0 unspecified atom stereocenters. The summed E-state index contributed by atoms with van der Waals surface area (Å²) in [5, 5.41) is 3.24. The smallest absolute Gasteiger partial charge is 0.168 e. The Balaban J connectivity index is 0.00000220. The summed E-state index contributed by atoms with van der Waals surface area (Å²) in [4.78, 5) is 4.17. The van der Waals surface area contributed by atoms with Gasteiger partial charge in [-0.2, -0.15) is 0 Å². The third-order valence-electron chi connectivity index (χ3n) is 2.88. The van der Waals surface area contributed by atoms with Crippen molar-refractivity contribution in [2.24, 2.45) is 4.99 Å². The lowest BCUT2D eigenvalue weighted by molar-refractivity contribution is 0.311. The summed E-state index contributed by atoms with van der Waals surface area (Å²) < 4.78 is 11.0. The molecule has 2 rings (SSSR count). The largest absolute Gasteiger partial charge is 0.494 e. The van der Waals surface area contributed by atoms with Crippen molar-refractivity contribution in [2.45, 2.75) is 13.3 Å². The summed E-state index contributed by atoms with van der Waals surface area (Å²) in [5.41, 5.74) is 1.24. The SMILES string of the molecule is CN=C(NCCCOc1ccc(C)cc1)c1ccco1.Cl. The second-order valence-corrected chi connectivity index (χ2v) is 4.49. The van der Waals surface area contributed by atoms with Gasteiger partial charge in [0.25, 0.3) is 0 Å².